The number of ketones is 1. The van der Waals surface area contributed by atoms with Gasteiger partial charge in [0.05, 0.1) is 34.2 Å². The number of carbonyl (C=O) groups is 1. The number of hydrogen-bond donors (Lipinski definition) is 1. The van der Waals surface area contributed by atoms with Crippen molar-refractivity contribution >= 4 is 17.4 Å². The van der Waals surface area contributed by atoms with E-state index >= 15 is 0 Å². The maximum Gasteiger partial charge on any atom is 0.161 e. The Hall–Kier alpha value is -3.74. The van der Waals surface area contributed by atoms with Crippen LogP contribution in [0.1, 0.15) is 41.9 Å². The summed E-state index contributed by atoms with van der Waals surface area (Å²) < 4.78 is 5.85. The lowest BCUT2D eigenvalue weighted by molar-refractivity contribution is -0.116. The molecule has 2 N–H and O–H groups in total. The fourth-order valence-electron chi connectivity index (χ4n) is 4.32. The number of ether oxygens (including phenoxy) is 1. The Bertz CT molecular complexity index is 1250. The van der Waals surface area contributed by atoms with Crippen LogP contribution in [0.3, 0.4) is 0 Å². The van der Waals surface area contributed by atoms with Gasteiger partial charge in [-0.3, -0.25) is 4.79 Å². The maximum atomic E-state index is 12.9. The highest BCUT2D eigenvalue weighted by molar-refractivity contribution is 6.32. The van der Waals surface area contributed by atoms with Crippen LogP contribution >= 0.6 is 11.6 Å². The normalized spacial score (nSPS) is 18.2. The largest absolute Gasteiger partial charge is 0.487 e. The summed E-state index contributed by atoms with van der Waals surface area (Å²) in [6.45, 7) is 0.196. The average molecular weight is 445 g/mol. The van der Waals surface area contributed by atoms with Crippen molar-refractivity contribution in [1.29, 1.82) is 10.5 Å². The van der Waals surface area contributed by atoms with E-state index in [0.717, 1.165) is 29.7 Å². The van der Waals surface area contributed by atoms with Crippen LogP contribution in [-0.2, 0) is 11.4 Å². The van der Waals surface area contributed by atoms with Crippen LogP contribution in [0, 0.1) is 22.7 Å². The number of nitrogens with zero attached hydrogens (tertiary/aromatic N) is 3. The van der Waals surface area contributed by atoms with Gasteiger partial charge in [0.25, 0.3) is 0 Å². The van der Waals surface area contributed by atoms with E-state index in [1.54, 1.807) is 36.2 Å². The van der Waals surface area contributed by atoms with Crippen molar-refractivity contribution in [3.63, 3.8) is 0 Å². The van der Waals surface area contributed by atoms with Crippen LogP contribution in [0.2, 0.25) is 5.02 Å². The quantitative estimate of drug-likeness (QED) is 0.743. The van der Waals surface area contributed by atoms with E-state index < -0.39 is 5.92 Å². The molecule has 0 aromatic heterocycles. The van der Waals surface area contributed by atoms with Crippen LogP contribution in [0.5, 0.6) is 5.75 Å². The number of hydrogen-bond acceptors (Lipinski definition) is 6. The van der Waals surface area contributed by atoms with E-state index in [9.17, 15) is 15.3 Å². The van der Waals surface area contributed by atoms with Gasteiger partial charge >= 0.3 is 0 Å². The van der Waals surface area contributed by atoms with E-state index in [-0.39, 0.29) is 12.4 Å². The van der Waals surface area contributed by atoms with E-state index in [0.29, 0.717) is 39.7 Å². The Balaban J connectivity index is 1.68. The molecule has 0 amide bonds. The van der Waals surface area contributed by atoms with Gasteiger partial charge in [-0.1, -0.05) is 35.9 Å². The van der Waals surface area contributed by atoms with E-state index in [4.69, 9.17) is 22.1 Å². The zero-order chi connectivity index (χ0) is 22.8. The third-order valence-electron chi connectivity index (χ3n) is 5.98. The second-order valence-electron chi connectivity index (χ2n) is 7.79. The summed E-state index contributed by atoms with van der Waals surface area (Å²) in [6, 6.07) is 16.8. The highest BCUT2D eigenvalue weighted by Crippen LogP contribution is 2.45. The van der Waals surface area contributed by atoms with Crippen LogP contribution in [0.25, 0.3) is 0 Å². The first kappa shape index (κ1) is 21.5. The molecule has 160 valence electrons. The molecule has 0 bridgehead atoms. The second-order valence-corrected chi connectivity index (χ2v) is 8.19. The van der Waals surface area contributed by atoms with Crippen LogP contribution in [0.15, 0.2) is 65.1 Å². The predicted octanol–water partition coefficient (Wildman–Crippen LogP) is 4.52. The van der Waals surface area contributed by atoms with Crippen LogP contribution in [-0.4, -0.2) is 17.7 Å². The fourth-order valence-corrected chi connectivity index (χ4v) is 4.56. The monoisotopic (exact) mass is 444 g/mol. The summed E-state index contributed by atoms with van der Waals surface area (Å²) in [5.74, 6) is 0.295. The Morgan fingerprint density at radius 3 is 2.69 bits per heavy atom. The molecule has 4 rings (SSSR count). The minimum atomic E-state index is -0.551. The number of Topliss-reactive ketones (excluding diaryl/α,β-unsaturated/α-hetero) is 1. The highest BCUT2D eigenvalue weighted by atomic mass is 35.5. The molecule has 1 atom stereocenters. The van der Waals surface area contributed by atoms with Gasteiger partial charge in [0.2, 0.25) is 0 Å². The maximum absolute atomic E-state index is 12.9. The van der Waals surface area contributed by atoms with Crippen molar-refractivity contribution in [2.24, 2.45) is 5.73 Å². The molecule has 6 nitrogen and oxygen atoms in total. The summed E-state index contributed by atoms with van der Waals surface area (Å²) in [5.41, 5.74) is 10.1. The number of nitriles is 2. The first-order chi connectivity index (χ1) is 15.5. The van der Waals surface area contributed by atoms with Crippen LogP contribution < -0.4 is 10.5 Å². The summed E-state index contributed by atoms with van der Waals surface area (Å²) in [5, 5.41) is 19.4. The molecule has 2 aromatic rings. The Morgan fingerprint density at radius 1 is 1.19 bits per heavy atom. The molecule has 0 spiro atoms. The number of halogens is 1. The molecule has 0 fully saturated rings. The lowest BCUT2D eigenvalue weighted by Crippen LogP contribution is -2.36. The van der Waals surface area contributed by atoms with Gasteiger partial charge < -0.3 is 15.4 Å². The molecule has 0 saturated heterocycles. The standard InChI is InChI=1S/C25H21ClN4O2/c1-30-20-7-4-8-21(31)24(20)23(18(13-28)25(30)29)15-9-10-22(19(26)11-15)32-14-17-6-3-2-5-16(17)12-27/h2-3,5-6,9-11,23H,4,7-8,14,29H2,1H3/t23-/m0/s1. The molecule has 1 aliphatic heterocycles. The van der Waals surface area contributed by atoms with Crippen molar-refractivity contribution in [3.05, 3.63) is 86.8 Å². The molecular weight excluding hydrogens is 424 g/mol. The number of rotatable bonds is 4. The summed E-state index contributed by atoms with van der Waals surface area (Å²) in [4.78, 5) is 14.6. The summed E-state index contributed by atoms with van der Waals surface area (Å²) >= 11 is 6.52. The van der Waals surface area contributed by atoms with Gasteiger partial charge in [-0.05, 0) is 36.6 Å². The van der Waals surface area contributed by atoms with Gasteiger partial charge in [0.15, 0.2) is 5.78 Å². The van der Waals surface area contributed by atoms with Crippen molar-refractivity contribution in [2.75, 3.05) is 7.05 Å². The Morgan fingerprint density at radius 2 is 1.97 bits per heavy atom. The van der Waals surface area contributed by atoms with Crippen LogP contribution in [0.4, 0.5) is 0 Å². The number of nitrogens with two attached hydrogens (primary N) is 1. The van der Waals surface area contributed by atoms with Crippen molar-refractivity contribution in [3.8, 4) is 17.9 Å². The third-order valence-corrected chi connectivity index (χ3v) is 6.27. The van der Waals surface area contributed by atoms with Crippen molar-refractivity contribution in [1.82, 2.24) is 4.90 Å². The number of carbonyl (C=O) groups excluding carboxylic acids is 1. The number of benzene rings is 2. The molecule has 0 saturated carbocycles. The highest BCUT2D eigenvalue weighted by Gasteiger charge is 2.38. The summed E-state index contributed by atoms with van der Waals surface area (Å²) in [6.07, 6.45) is 1.96. The topological polar surface area (TPSA) is 103 Å². The van der Waals surface area contributed by atoms with Gasteiger partial charge in [-0.2, -0.15) is 10.5 Å². The smallest absolute Gasteiger partial charge is 0.161 e. The molecule has 1 aliphatic carbocycles. The minimum Gasteiger partial charge on any atom is -0.487 e. The minimum absolute atomic E-state index is 0.0351. The van der Waals surface area contributed by atoms with Crippen molar-refractivity contribution in [2.45, 2.75) is 31.8 Å². The third kappa shape index (κ3) is 3.70. The van der Waals surface area contributed by atoms with Gasteiger partial charge in [-0.25, -0.2) is 0 Å². The molecule has 0 unspecified atom stereocenters. The lowest BCUT2D eigenvalue weighted by Gasteiger charge is -2.37. The first-order valence-electron chi connectivity index (χ1n) is 10.3. The molecular formula is C25H21ClN4O2. The van der Waals surface area contributed by atoms with Crippen molar-refractivity contribution < 1.29 is 9.53 Å². The van der Waals surface area contributed by atoms with Gasteiger partial charge in [-0.15, -0.1) is 0 Å². The van der Waals surface area contributed by atoms with E-state index in [1.807, 2.05) is 18.2 Å². The Kier molecular flexibility index (Phi) is 5.90. The molecule has 7 heteroatoms. The summed E-state index contributed by atoms with van der Waals surface area (Å²) in [7, 11) is 1.79. The van der Waals surface area contributed by atoms with Gasteiger partial charge in [0.1, 0.15) is 18.2 Å². The SMILES string of the molecule is CN1C(N)=C(C#N)[C@H](c2ccc(OCc3ccccc3C#N)c(Cl)c2)C2=C1CCCC2=O. The van der Waals surface area contributed by atoms with E-state index in [1.165, 1.54) is 0 Å². The predicted molar refractivity (Wildman–Crippen MR) is 120 cm³/mol. The first-order valence-corrected chi connectivity index (χ1v) is 10.6. The lowest BCUT2D eigenvalue weighted by atomic mass is 9.76. The van der Waals surface area contributed by atoms with E-state index in [2.05, 4.69) is 12.1 Å². The molecule has 1 heterocycles. The van der Waals surface area contributed by atoms with Gasteiger partial charge in [0, 0.05) is 30.3 Å². The zero-order valence-electron chi connectivity index (χ0n) is 17.6. The Labute approximate surface area is 191 Å². The fraction of sp³-hybridized carbons (Fsp3) is 0.240. The second kappa shape index (κ2) is 8.78. The zero-order valence-corrected chi connectivity index (χ0v) is 18.3. The molecule has 32 heavy (non-hydrogen) atoms. The molecule has 2 aliphatic rings. The number of allylic oxidation sites excluding steroid dienone is 3. The molecule has 2 aromatic carbocycles. The average Bonchev–Trinajstić information content (AvgIpc) is 2.80. The molecule has 0 radical (unpaired) electrons.